The Morgan fingerprint density at radius 1 is 1.19 bits per heavy atom. The first-order valence-electron chi connectivity index (χ1n) is 8.80. The number of nitrogens with one attached hydrogen (secondary N) is 2. The molecular weight excluding hydrogens is 459 g/mol. The number of ether oxygens (including phenoxy) is 2. The standard InChI is InChI=1S/C19H28N4O3.HI/c1-3-20-19(21-8-11-23-9-4-5-10-23)22-15-16-6-7-17(26-13-12-24)18(14-16)25-2;/h4-7,9-10,14,24H,3,8,11-13,15H2,1-2H3,(H2,20,21,22);1H. The lowest BCUT2D eigenvalue weighted by Gasteiger charge is -2.13. The van der Waals surface area contributed by atoms with Crippen LogP contribution in [-0.2, 0) is 13.1 Å². The van der Waals surface area contributed by atoms with Crippen molar-refractivity contribution >= 4 is 29.9 Å². The minimum absolute atomic E-state index is 0. The van der Waals surface area contributed by atoms with E-state index in [1.54, 1.807) is 7.11 Å². The largest absolute Gasteiger partial charge is 0.493 e. The molecule has 3 N–H and O–H groups in total. The third kappa shape index (κ3) is 8.08. The molecule has 2 aromatic rings. The zero-order valence-corrected chi connectivity index (χ0v) is 18.2. The molecule has 0 spiro atoms. The Balaban J connectivity index is 0.00000364. The maximum atomic E-state index is 8.87. The summed E-state index contributed by atoms with van der Waals surface area (Å²) in [5.74, 6) is 2.03. The number of halogens is 1. The Hall–Kier alpha value is -1.94. The average molecular weight is 488 g/mol. The van der Waals surface area contributed by atoms with Crippen LogP contribution in [0.25, 0.3) is 0 Å². The van der Waals surface area contributed by atoms with Gasteiger partial charge in [-0.25, -0.2) is 4.99 Å². The molecule has 8 heteroatoms. The van der Waals surface area contributed by atoms with E-state index in [1.165, 1.54) is 0 Å². The van der Waals surface area contributed by atoms with Crippen LogP contribution in [-0.4, -0.2) is 49.0 Å². The Bertz CT molecular complexity index is 678. The normalized spacial score (nSPS) is 10.9. The molecule has 7 nitrogen and oxygen atoms in total. The molecule has 1 heterocycles. The lowest BCUT2D eigenvalue weighted by atomic mass is 10.2. The van der Waals surface area contributed by atoms with Crippen molar-refractivity contribution in [1.82, 2.24) is 15.2 Å². The molecule has 0 saturated heterocycles. The van der Waals surface area contributed by atoms with Crippen LogP contribution in [0.5, 0.6) is 11.5 Å². The fourth-order valence-electron chi connectivity index (χ4n) is 2.42. The molecule has 0 aliphatic carbocycles. The fourth-order valence-corrected chi connectivity index (χ4v) is 2.42. The lowest BCUT2D eigenvalue weighted by molar-refractivity contribution is 0.196. The molecule has 150 valence electrons. The van der Waals surface area contributed by atoms with E-state index in [4.69, 9.17) is 14.6 Å². The summed E-state index contributed by atoms with van der Waals surface area (Å²) in [7, 11) is 1.60. The molecule has 0 atom stereocenters. The van der Waals surface area contributed by atoms with Gasteiger partial charge < -0.3 is 29.8 Å². The smallest absolute Gasteiger partial charge is 0.191 e. The van der Waals surface area contributed by atoms with Gasteiger partial charge in [0.1, 0.15) is 6.61 Å². The number of methoxy groups -OCH3 is 1. The minimum atomic E-state index is -0.0318. The average Bonchev–Trinajstić information content (AvgIpc) is 3.18. The number of benzene rings is 1. The summed E-state index contributed by atoms with van der Waals surface area (Å²) < 4.78 is 12.9. The highest BCUT2D eigenvalue weighted by Crippen LogP contribution is 2.28. The van der Waals surface area contributed by atoms with Crippen LogP contribution in [0.2, 0.25) is 0 Å². The van der Waals surface area contributed by atoms with Gasteiger partial charge in [0.25, 0.3) is 0 Å². The summed E-state index contributed by atoms with van der Waals surface area (Å²) in [4.78, 5) is 4.62. The van der Waals surface area contributed by atoms with E-state index in [0.717, 1.165) is 31.2 Å². The molecule has 0 fully saturated rings. The van der Waals surface area contributed by atoms with Gasteiger partial charge in [0.15, 0.2) is 17.5 Å². The van der Waals surface area contributed by atoms with Gasteiger partial charge >= 0.3 is 0 Å². The van der Waals surface area contributed by atoms with E-state index in [1.807, 2.05) is 49.6 Å². The molecule has 0 unspecified atom stereocenters. The van der Waals surface area contributed by atoms with Crippen LogP contribution in [0.3, 0.4) is 0 Å². The number of aliphatic hydroxyl groups is 1. The lowest BCUT2D eigenvalue weighted by Crippen LogP contribution is -2.38. The van der Waals surface area contributed by atoms with E-state index in [9.17, 15) is 0 Å². The Morgan fingerprint density at radius 2 is 1.96 bits per heavy atom. The number of aromatic nitrogens is 1. The van der Waals surface area contributed by atoms with Gasteiger partial charge in [0.2, 0.25) is 0 Å². The predicted octanol–water partition coefficient (Wildman–Crippen LogP) is 2.24. The third-order valence-electron chi connectivity index (χ3n) is 3.67. The number of hydrogen-bond donors (Lipinski definition) is 3. The number of nitrogens with zero attached hydrogens (tertiary/aromatic N) is 2. The Kier molecular flexibility index (Phi) is 11.3. The van der Waals surface area contributed by atoms with Crippen LogP contribution in [0.1, 0.15) is 12.5 Å². The highest BCUT2D eigenvalue weighted by Gasteiger charge is 2.06. The minimum Gasteiger partial charge on any atom is -0.493 e. The topological polar surface area (TPSA) is 80.0 Å². The zero-order chi connectivity index (χ0) is 18.6. The van der Waals surface area contributed by atoms with Crippen molar-refractivity contribution in [3.63, 3.8) is 0 Å². The summed E-state index contributed by atoms with van der Waals surface area (Å²) in [5.41, 5.74) is 1.01. The predicted molar refractivity (Wildman–Crippen MR) is 118 cm³/mol. The van der Waals surface area contributed by atoms with Crippen LogP contribution in [0.4, 0.5) is 0 Å². The van der Waals surface area contributed by atoms with Gasteiger partial charge in [-0.05, 0) is 36.8 Å². The second-order valence-electron chi connectivity index (χ2n) is 5.60. The first kappa shape index (κ1) is 23.1. The number of rotatable bonds is 10. The first-order valence-corrected chi connectivity index (χ1v) is 8.80. The molecule has 0 radical (unpaired) electrons. The van der Waals surface area contributed by atoms with Crippen molar-refractivity contribution in [1.29, 1.82) is 0 Å². The molecule has 0 aliphatic heterocycles. The first-order chi connectivity index (χ1) is 12.8. The highest BCUT2D eigenvalue weighted by atomic mass is 127. The third-order valence-corrected chi connectivity index (χ3v) is 3.67. The summed E-state index contributed by atoms with van der Waals surface area (Å²) in [6, 6.07) is 9.72. The van der Waals surface area contributed by atoms with Crippen LogP contribution < -0.4 is 20.1 Å². The van der Waals surface area contributed by atoms with Gasteiger partial charge in [-0.3, -0.25) is 0 Å². The van der Waals surface area contributed by atoms with Crippen molar-refractivity contribution in [2.75, 3.05) is 33.4 Å². The van der Waals surface area contributed by atoms with Gasteiger partial charge in [-0.2, -0.15) is 0 Å². The van der Waals surface area contributed by atoms with Crippen molar-refractivity contribution in [3.05, 3.63) is 48.3 Å². The second kappa shape index (κ2) is 13.3. The van der Waals surface area contributed by atoms with Crippen molar-refractivity contribution in [2.24, 2.45) is 4.99 Å². The molecule has 0 bridgehead atoms. The van der Waals surface area contributed by atoms with Crippen LogP contribution >= 0.6 is 24.0 Å². The van der Waals surface area contributed by atoms with E-state index in [-0.39, 0.29) is 37.2 Å². The second-order valence-corrected chi connectivity index (χ2v) is 5.60. The van der Waals surface area contributed by atoms with Crippen molar-refractivity contribution in [2.45, 2.75) is 20.0 Å². The van der Waals surface area contributed by atoms with E-state index < -0.39 is 0 Å². The fraction of sp³-hybridized carbons (Fsp3) is 0.421. The van der Waals surface area contributed by atoms with Gasteiger partial charge in [-0.15, -0.1) is 24.0 Å². The quantitative estimate of drug-likeness (QED) is 0.272. The molecule has 1 aromatic carbocycles. The molecule has 0 saturated carbocycles. The van der Waals surface area contributed by atoms with Crippen molar-refractivity contribution < 1.29 is 14.6 Å². The number of aliphatic hydroxyl groups excluding tert-OH is 1. The molecule has 0 amide bonds. The molecule has 2 rings (SSSR count). The van der Waals surface area contributed by atoms with E-state index in [0.29, 0.717) is 18.0 Å². The molecule has 27 heavy (non-hydrogen) atoms. The maximum Gasteiger partial charge on any atom is 0.191 e. The maximum absolute atomic E-state index is 8.87. The van der Waals surface area contributed by atoms with Gasteiger partial charge in [-0.1, -0.05) is 6.07 Å². The highest BCUT2D eigenvalue weighted by molar-refractivity contribution is 14.0. The van der Waals surface area contributed by atoms with E-state index >= 15 is 0 Å². The zero-order valence-electron chi connectivity index (χ0n) is 15.9. The summed E-state index contributed by atoms with van der Waals surface area (Å²) in [6.07, 6.45) is 4.08. The number of aliphatic imine (C=N–C) groups is 1. The van der Waals surface area contributed by atoms with Crippen LogP contribution in [0, 0.1) is 0 Å². The number of guanidine groups is 1. The van der Waals surface area contributed by atoms with Crippen molar-refractivity contribution in [3.8, 4) is 11.5 Å². The Morgan fingerprint density at radius 3 is 2.63 bits per heavy atom. The Labute approximate surface area is 177 Å². The summed E-state index contributed by atoms with van der Waals surface area (Å²) >= 11 is 0. The molecular formula is C19H29IN4O3. The van der Waals surface area contributed by atoms with Crippen LogP contribution in [0.15, 0.2) is 47.7 Å². The number of hydrogen-bond acceptors (Lipinski definition) is 4. The van der Waals surface area contributed by atoms with E-state index in [2.05, 4.69) is 20.2 Å². The van der Waals surface area contributed by atoms with Gasteiger partial charge in [0.05, 0.1) is 20.3 Å². The molecule has 1 aromatic heterocycles. The summed E-state index contributed by atoms with van der Waals surface area (Å²) in [6.45, 7) is 5.24. The SMILES string of the molecule is CCNC(=NCc1ccc(OCCO)c(OC)c1)NCCn1cccc1.I. The van der Waals surface area contributed by atoms with Gasteiger partial charge in [0, 0.05) is 32.0 Å². The molecule has 0 aliphatic rings. The monoisotopic (exact) mass is 488 g/mol. The summed E-state index contributed by atoms with van der Waals surface area (Å²) in [5, 5.41) is 15.5.